The van der Waals surface area contributed by atoms with Crippen molar-refractivity contribution in [2.24, 2.45) is 5.73 Å². The van der Waals surface area contributed by atoms with E-state index in [0.29, 0.717) is 6.54 Å². The molecule has 0 aliphatic heterocycles. The van der Waals surface area contributed by atoms with Crippen molar-refractivity contribution < 1.29 is 4.39 Å². The normalized spacial score (nSPS) is 12.6. The van der Waals surface area contributed by atoms with E-state index in [2.05, 4.69) is 9.55 Å². The minimum absolute atomic E-state index is 0.120. The summed E-state index contributed by atoms with van der Waals surface area (Å²) in [6.07, 6.45) is 5.68. The average molecular weight is 233 g/mol. The van der Waals surface area contributed by atoms with E-state index in [-0.39, 0.29) is 11.9 Å². The van der Waals surface area contributed by atoms with Gasteiger partial charge in [-0.3, -0.25) is 4.98 Å². The van der Waals surface area contributed by atoms with Gasteiger partial charge in [0.2, 0.25) is 0 Å². The molecule has 90 valence electrons. The van der Waals surface area contributed by atoms with Gasteiger partial charge in [0.05, 0.1) is 6.20 Å². The first-order chi connectivity index (χ1) is 8.15. The summed E-state index contributed by atoms with van der Waals surface area (Å²) in [7, 11) is 0. The molecule has 2 aromatic rings. The average Bonchev–Trinajstić information content (AvgIpc) is 2.65. The summed E-state index contributed by atoms with van der Waals surface area (Å²) in [5, 5.41) is 0. The first-order valence-corrected chi connectivity index (χ1v) is 5.64. The minimum atomic E-state index is -0.302. The van der Waals surface area contributed by atoms with Gasteiger partial charge in [0.15, 0.2) is 0 Å². The van der Waals surface area contributed by atoms with Gasteiger partial charge in [-0.15, -0.1) is 0 Å². The number of aromatic nitrogens is 2. The molecule has 0 aliphatic carbocycles. The summed E-state index contributed by atoms with van der Waals surface area (Å²) in [5.41, 5.74) is 7.79. The van der Waals surface area contributed by atoms with Crippen molar-refractivity contribution in [1.82, 2.24) is 9.55 Å². The van der Waals surface area contributed by atoms with E-state index in [1.807, 2.05) is 25.3 Å². The van der Waals surface area contributed by atoms with Crippen LogP contribution in [0.4, 0.5) is 4.39 Å². The highest BCUT2D eigenvalue weighted by atomic mass is 19.1. The lowest BCUT2D eigenvalue weighted by atomic mass is 10.2. The highest BCUT2D eigenvalue weighted by molar-refractivity contribution is 5.15. The Balaban J connectivity index is 2.16. The number of hydrogen-bond donors (Lipinski definition) is 1. The first-order valence-electron chi connectivity index (χ1n) is 5.64. The van der Waals surface area contributed by atoms with Crippen molar-refractivity contribution in [2.75, 3.05) is 0 Å². The maximum absolute atomic E-state index is 13.0. The Hall–Kier alpha value is -1.68. The third-order valence-electron chi connectivity index (χ3n) is 2.57. The van der Waals surface area contributed by atoms with E-state index < -0.39 is 0 Å². The predicted molar refractivity (Wildman–Crippen MR) is 65.1 cm³/mol. The lowest BCUT2D eigenvalue weighted by Crippen LogP contribution is -2.20. The largest absolute Gasteiger partial charge is 0.347 e. The van der Waals surface area contributed by atoms with Crippen molar-refractivity contribution in [2.45, 2.75) is 25.9 Å². The lowest BCUT2D eigenvalue weighted by Gasteiger charge is -2.11. The van der Waals surface area contributed by atoms with E-state index in [1.165, 1.54) is 12.3 Å². The highest BCUT2D eigenvalue weighted by Crippen LogP contribution is 2.09. The molecule has 3 nitrogen and oxygen atoms in total. The fourth-order valence-corrected chi connectivity index (χ4v) is 1.86. The lowest BCUT2D eigenvalue weighted by molar-refractivity contribution is 0.613. The van der Waals surface area contributed by atoms with Crippen LogP contribution >= 0.6 is 0 Å². The van der Waals surface area contributed by atoms with E-state index >= 15 is 0 Å². The molecule has 0 saturated heterocycles. The quantitative estimate of drug-likeness (QED) is 0.877. The van der Waals surface area contributed by atoms with Crippen LogP contribution in [0.25, 0.3) is 0 Å². The van der Waals surface area contributed by atoms with Gasteiger partial charge in [-0.1, -0.05) is 0 Å². The molecule has 0 bridgehead atoms. The second-order valence-corrected chi connectivity index (χ2v) is 4.32. The molecule has 2 N–H and O–H groups in total. The fraction of sp³-hybridized carbons (Fsp3) is 0.308. The molecule has 0 aromatic carbocycles. The van der Waals surface area contributed by atoms with Crippen LogP contribution in [0.1, 0.15) is 18.2 Å². The van der Waals surface area contributed by atoms with Crippen LogP contribution in [0.3, 0.4) is 0 Å². The van der Waals surface area contributed by atoms with Gasteiger partial charge < -0.3 is 10.3 Å². The molecule has 4 heteroatoms. The van der Waals surface area contributed by atoms with Gasteiger partial charge in [-0.2, -0.15) is 0 Å². The van der Waals surface area contributed by atoms with Gasteiger partial charge in [-0.05, 0) is 30.7 Å². The maximum atomic E-state index is 13.0. The predicted octanol–water partition coefficient (Wildman–Crippen LogP) is 1.96. The second kappa shape index (κ2) is 5.10. The maximum Gasteiger partial charge on any atom is 0.141 e. The summed E-state index contributed by atoms with van der Waals surface area (Å²) in [5.74, 6) is -0.302. The number of nitrogens with zero attached hydrogens (tertiary/aromatic N) is 2. The third-order valence-corrected chi connectivity index (χ3v) is 2.57. The van der Waals surface area contributed by atoms with Crippen LogP contribution in [0.5, 0.6) is 0 Å². The zero-order valence-electron chi connectivity index (χ0n) is 9.81. The van der Waals surface area contributed by atoms with E-state index in [9.17, 15) is 4.39 Å². The number of rotatable bonds is 4. The number of hydrogen-bond acceptors (Lipinski definition) is 2. The molecule has 0 aliphatic rings. The van der Waals surface area contributed by atoms with Gasteiger partial charge in [-0.25, -0.2) is 4.39 Å². The van der Waals surface area contributed by atoms with Crippen molar-refractivity contribution in [3.05, 3.63) is 53.9 Å². The molecule has 1 unspecified atom stereocenters. The molecule has 1 atom stereocenters. The Bertz CT molecular complexity index is 491. The highest BCUT2D eigenvalue weighted by Gasteiger charge is 2.05. The molecule has 0 fully saturated rings. The Labute approximate surface area is 100 Å². The van der Waals surface area contributed by atoms with Crippen LogP contribution in [0.2, 0.25) is 0 Å². The second-order valence-electron chi connectivity index (χ2n) is 4.32. The molecule has 17 heavy (non-hydrogen) atoms. The van der Waals surface area contributed by atoms with E-state index in [4.69, 9.17) is 5.73 Å². The van der Waals surface area contributed by atoms with Crippen molar-refractivity contribution >= 4 is 0 Å². The molecule has 2 aromatic heterocycles. The molecular formula is C13H16FN3. The van der Waals surface area contributed by atoms with Crippen molar-refractivity contribution in [3.8, 4) is 0 Å². The van der Waals surface area contributed by atoms with Crippen LogP contribution in [0, 0.1) is 5.82 Å². The molecular weight excluding hydrogens is 217 g/mol. The van der Waals surface area contributed by atoms with Crippen LogP contribution < -0.4 is 5.73 Å². The standard InChI is InChI=1S/C13H16FN3/c1-10(15)5-13-3-2-4-17(13)9-11-6-12(14)8-16-7-11/h2-4,6-8,10H,5,9,15H2,1H3. The van der Waals surface area contributed by atoms with Crippen LogP contribution in [0.15, 0.2) is 36.8 Å². The van der Waals surface area contributed by atoms with Crippen molar-refractivity contribution in [3.63, 3.8) is 0 Å². The molecule has 2 heterocycles. The smallest absolute Gasteiger partial charge is 0.141 e. The minimum Gasteiger partial charge on any atom is -0.347 e. The SMILES string of the molecule is CC(N)Cc1cccn1Cc1cncc(F)c1. The van der Waals surface area contributed by atoms with Gasteiger partial charge in [0.25, 0.3) is 0 Å². The monoisotopic (exact) mass is 233 g/mol. The molecule has 2 rings (SSSR count). The van der Waals surface area contributed by atoms with Crippen LogP contribution in [-0.4, -0.2) is 15.6 Å². The molecule has 0 amide bonds. The third kappa shape index (κ3) is 3.14. The first kappa shape index (κ1) is 11.8. The summed E-state index contributed by atoms with van der Waals surface area (Å²) >= 11 is 0. The number of halogens is 1. The summed E-state index contributed by atoms with van der Waals surface area (Å²) in [6, 6.07) is 5.64. The topological polar surface area (TPSA) is 43.8 Å². The summed E-state index contributed by atoms with van der Waals surface area (Å²) in [4.78, 5) is 3.84. The van der Waals surface area contributed by atoms with Crippen molar-refractivity contribution in [1.29, 1.82) is 0 Å². The van der Waals surface area contributed by atoms with E-state index in [1.54, 1.807) is 6.20 Å². The fourth-order valence-electron chi connectivity index (χ4n) is 1.86. The summed E-state index contributed by atoms with van der Waals surface area (Å²) < 4.78 is 15.1. The van der Waals surface area contributed by atoms with Crippen LogP contribution in [-0.2, 0) is 13.0 Å². The Morgan fingerprint density at radius 2 is 2.29 bits per heavy atom. The van der Waals surface area contributed by atoms with Gasteiger partial charge >= 0.3 is 0 Å². The molecule has 0 spiro atoms. The van der Waals surface area contributed by atoms with Gasteiger partial charge in [0.1, 0.15) is 5.82 Å². The zero-order valence-corrected chi connectivity index (χ0v) is 9.81. The van der Waals surface area contributed by atoms with Gasteiger partial charge in [0, 0.05) is 37.1 Å². The molecule has 0 saturated carbocycles. The number of pyridine rings is 1. The zero-order chi connectivity index (χ0) is 12.3. The Kier molecular flexibility index (Phi) is 3.54. The Morgan fingerprint density at radius 1 is 1.47 bits per heavy atom. The van der Waals surface area contributed by atoms with E-state index in [0.717, 1.165) is 17.7 Å². The summed E-state index contributed by atoms with van der Waals surface area (Å²) in [6.45, 7) is 2.60. The Morgan fingerprint density at radius 3 is 3.00 bits per heavy atom. The molecule has 0 radical (unpaired) electrons. The number of nitrogens with two attached hydrogens (primary N) is 1.